The average Bonchev–Trinajstić information content (AvgIpc) is 2.99. The molecule has 3 atom stereocenters. The molecule has 6 heteroatoms. The van der Waals surface area contributed by atoms with E-state index in [0.717, 1.165) is 6.26 Å². The standard InChI is InChI=1S/C13H14FNO3S/c1-18-8-13(7-15)11(12(13)19(2,16)17)9-4-3-5-10(14)6-9/h3-6,11-12H,8H2,1-2H3/t11-,12-,13+/m0/s1. The molecule has 0 bridgehead atoms. The van der Waals surface area contributed by atoms with E-state index < -0.39 is 32.2 Å². The highest BCUT2D eigenvalue weighted by molar-refractivity contribution is 7.91. The molecule has 1 aromatic carbocycles. The smallest absolute Gasteiger partial charge is 0.152 e. The third-order valence-corrected chi connectivity index (χ3v) is 5.13. The van der Waals surface area contributed by atoms with Crippen molar-refractivity contribution >= 4 is 9.84 Å². The van der Waals surface area contributed by atoms with E-state index in [2.05, 4.69) is 6.07 Å². The quantitative estimate of drug-likeness (QED) is 0.839. The lowest BCUT2D eigenvalue weighted by Gasteiger charge is -2.06. The monoisotopic (exact) mass is 283 g/mol. The Labute approximate surface area is 111 Å². The number of halogens is 1. The van der Waals surface area contributed by atoms with Crippen LogP contribution in [0.2, 0.25) is 0 Å². The van der Waals surface area contributed by atoms with E-state index in [1.54, 1.807) is 6.07 Å². The van der Waals surface area contributed by atoms with Crippen molar-refractivity contribution in [3.63, 3.8) is 0 Å². The number of benzene rings is 1. The van der Waals surface area contributed by atoms with E-state index in [-0.39, 0.29) is 6.61 Å². The van der Waals surface area contributed by atoms with Crippen molar-refractivity contribution in [1.82, 2.24) is 0 Å². The summed E-state index contributed by atoms with van der Waals surface area (Å²) in [6.07, 6.45) is 1.10. The molecule has 4 nitrogen and oxygen atoms in total. The SMILES string of the molecule is COC[C@]1(C#N)[C@@H](c2cccc(F)c2)[C@@H]1S(C)(=O)=O. The molecule has 1 aliphatic rings. The molecule has 2 rings (SSSR count). The Balaban J connectivity index is 2.48. The number of nitriles is 1. The van der Waals surface area contributed by atoms with Gasteiger partial charge in [-0.25, -0.2) is 12.8 Å². The zero-order chi connectivity index (χ0) is 14.3. The molecule has 0 radical (unpaired) electrons. The fourth-order valence-corrected chi connectivity index (χ4v) is 4.63. The van der Waals surface area contributed by atoms with Crippen molar-refractivity contribution in [2.75, 3.05) is 20.0 Å². The van der Waals surface area contributed by atoms with Crippen molar-refractivity contribution < 1.29 is 17.5 Å². The number of rotatable bonds is 4. The van der Waals surface area contributed by atoms with Crippen LogP contribution in [0.25, 0.3) is 0 Å². The van der Waals surface area contributed by atoms with Crippen LogP contribution in [-0.2, 0) is 14.6 Å². The number of nitrogens with zero attached hydrogens (tertiary/aromatic N) is 1. The van der Waals surface area contributed by atoms with Crippen LogP contribution in [0.3, 0.4) is 0 Å². The van der Waals surface area contributed by atoms with Crippen LogP contribution in [-0.4, -0.2) is 33.6 Å². The van der Waals surface area contributed by atoms with Crippen molar-refractivity contribution in [3.8, 4) is 6.07 Å². The molecule has 1 fully saturated rings. The van der Waals surface area contributed by atoms with Gasteiger partial charge < -0.3 is 4.74 Å². The third-order valence-electron chi connectivity index (χ3n) is 3.52. The van der Waals surface area contributed by atoms with Gasteiger partial charge in [-0.1, -0.05) is 12.1 Å². The zero-order valence-electron chi connectivity index (χ0n) is 10.6. The van der Waals surface area contributed by atoms with Gasteiger partial charge >= 0.3 is 0 Å². The summed E-state index contributed by atoms with van der Waals surface area (Å²) in [5, 5.41) is 8.49. The number of sulfone groups is 1. The molecule has 1 saturated carbocycles. The minimum Gasteiger partial charge on any atom is -0.383 e. The first kappa shape index (κ1) is 14.0. The van der Waals surface area contributed by atoms with Crippen LogP contribution in [0.4, 0.5) is 4.39 Å². The Bertz CT molecular complexity index is 638. The Hall–Kier alpha value is -1.45. The molecular formula is C13H14FNO3S. The lowest BCUT2D eigenvalue weighted by molar-refractivity contribution is 0.162. The average molecular weight is 283 g/mol. The second-order valence-corrected chi connectivity index (χ2v) is 7.03. The maximum absolute atomic E-state index is 13.3. The van der Waals surface area contributed by atoms with Gasteiger partial charge in [0.25, 0.3) is 0 Å². The molecule has 0 aliphatic heterocycles. The molecule has 0 saturated heterocycles. The Kier molecular flexibility index (Phi) is 3.37. The van der Waals surface area contributed by atoms with Crippen molar-refractivity contribution in [1.29, 1.82) is 5.26 Å². The molecule has 0 aromatic heterocycles. The van der Waals surface area contributed by atoms with Crippen molar-refractivity contribution in [2.24, 2.45) is 5.41 Å². The molecule has 0 amide bonds. The zero-order valence-corrected chi connectivity index (χ0v) is 11.4. The van der Waals surface area contributed by atoms with E-state index in [9.17, 15) is 18.1 Å². The van der Waals surface area contributed by atoms with E-state index in [1.165, 1.54) is 25.3 Å². The molecule has 19 heavy (non-hydrogen) atoms. The Morgan fingerprint density at radius 1 is 1.53 bits per heavy atom. The lowest BCUT2D eigenvalue weighted by atomic mass is 10.0. The molecule has 0 heterocycles. The fraction of sp³-hybridized carbons (Fsp3) is 0.462. The van der Waals surface area contributed by atoms with Gasteiger partial charge in [0.1, 0.15) is 11.2 Å². The summed E-state index contributed by atoms with van der Waals surface area (Å²) in [6, 6.07) is 7.76. The van der Waals surface area contributed by atoms with Crippen molar-refractivity contribution in [3.05, 3.63) is 35.6 Å². The van der Waals surface area contributed by atoms with Gasteiger partial charge in [0.05, 0.1) is 17.9 Å². The fourth-order valence-electron chi connectivity index (χ4n) is 2.78. The third kappa shape index (κ3) is 2.24. The number of methoxy groups -OCH3 is 1. The van der Waals surface area contributed by atoms with Crippen LogP contribution >= 0.6 is 0 Å². The van der Waals surface area contributed by atoms with Gasteiger partial charge in [-0.15, -0.1) is 0 Å². The largest absolute Gasteiger partial charge is 0.383 e. The lowest BCUT2D eigenvalue weighted by Crippen LogP contribution is -2.17. The Morgan fingerprint density at radius 3 is 2.68 bits per heavy atom. The molecule has 102 valence electrons. The second-order valence-electron chi connectivity index (χ2n) is 4.87. The molecule has 1 aromatic rings. The van der Waals surface area contributed by atoms with E-state index >= 15 is 0 Å². The number of hydrogen-bond acceptors (Lipinski definition) is 4. The highest BCUT2D eigenvalue weighted by Crippen LogP contribution is 2.62. The van der Waals surface area contributed by atoms with Crippen LogP contribution in [0.15, 0.2) is 24.3 Å². The topological polar surface area (TPSA) is 67.2 Å². The van der Waals surface area contributed by atoms with E-state index in [4.69, 9.17) is 4.74 Å². The van der Waals surface area contributed by atoms with Crippen molar-refractivity contribution in [2.45, 2.75) is 11.2 Å². The van der Waals surface area contributed by atoms with Crippen LogP contribution in [0.5, 0.6) is 0 Å². The predicted octanol–water partition coefficient (Wildman–Crippen LogP) is 1.49. The molecule has 0 spiro atoms. The Morgan fingerprint density at radius 2 is 2.21 bits per heavy atom. The van der Waals surface area contributed by atoms with Gasteiger partial charge in [0, 0.05) is 19.3 Å². The summed E-state index contributed by atoms with van der Waals surface area (Å²) in [6.45, 7) is 0.0163. The first-order valence-corrected chi connectivity index (χ1v) is 7.67. The first-order chi connectivity index (χ1) is 8.86. The normalized spacial score (nSPS) is 29.8. The number of hydrogen-bond donors (Lipinski definition) is 0. The van der Waals surface area contributed by atoms with Gasteiger partial charge in [0.15, 0.2) is 9.84 Å². The summed E-state index contributed by atoms with van der Waals surface area (Å²) >= 11 is 0. The van der Waals surface area contributed by atoms with Gasteiger partial charge in [-0.3, -0.25) is 0 Å². The predicted molar refractivity (Wildman–Crippen MR) is 67.7 cm³/mol. The first-order valence-electron chi connectivity index (χ1n) is 5.71. The number of ether oxygens (including phenoxy) is 1. The molecule has 1 aliphatic carbocycles. The minimum absolute atomic E-state index is 0.0163. The van der Waals surface area contributed by atoms with Gasteiger partial charge in [0.2, 0.25) is 0 Å². The van der Waals surface area contributed by atoms with E-state index in [0.29, 0.717) is 5.56 Å². The summed E-state index contributed by atoms with van der Waals surface area (Å²) in [5.41, 5.74) is -0.593. The van der Waals surface area contributed by atoms with Gasteiger partial charge in [-0.05, 0) is 17.7 Å². The highest BCUT2D eigenvalue weighted by Gasteiger charge is 2.71. The second kappa shape index (κ2) is 4.58. The summed E-state index contributed by atoms with van der Waals surface area (Å²) < 4.78 is 41.9. The summed E-state index contributed by atoms with van der Waals surface area (Å²) in [5.74, 6) is -0.982. The molecule has 0 unspecified atom stereocenters. The summed E-state index contributed by atoms with van der Waals surface area (Å²) in [7, 11) is -1.99. The van der Waals surface area contributed by atoms with Gasteiger partial charge in [-0.2, -0.15) is 5.26 Å². The van der Waals surface area contributed by atoms with Crippen LogP contribution in [0, 0.1) is 22.6 Å². The maximum atomic E-state index is 13.3. The molecule has 0 N–H and O–H groups in total. The minimum atomic E-state index is -3.41. The summed E-state index contributed by atoms with van der Waals surface area (Å²) in [4.78, 5) is 0. The van der Waals surface area contributed by atoms with E-state index in [1.807, 2.05) is 0 Å². The van der Waals surface area contributed by atoms with Crippen LogP contribution < -0.4 is 0 Å². The highest BCUT2D eigenvalue weighted by atomic mass is 32.2. The maximum Gasteiger partial charge on any atom is 0.152 e. The molecular weight excluding hydrogens is 269 g/mol. The van der Waals surface area contributed by atoms with Crippen LogP contribution in [0.1, 0.15) is 11.5 Å².